The summed E-state index contributed by atoms with van der Waals surface area (Å²) in [6.45, 7) is 1.43. The predicted molar refractivity (Wildman–Crippen MR) is 49.0 cm³/mol. The number of aliphatic hydroxyl groups excluding tert-OH is 1. The molecule has 2 fully saturated rings. The van der Waals surface area contributed by atoms with Crippen LogP contribution in [0, 0.1) is 5.41 Å². The molecule has 12 heavy (non-hydrogen) atoms. The Bertz CT molecular complexity index is 148. The first-order chi connectivity index (χ1) is 5.85. The van der Waals surface area contributed by atoms with Crippen LogP contribution >= 0.6 is 0 Å². The molecule has 0 aromatic heterocycles. The van der Waals surface area contributed by atoms with Gasteiger partial charge >= 0.3 is 0 Å². The largest absolute Gasteiger partial charge is 0.396 e. The first kappa shape index (κ1) is 8.52. The summed E-state index contributed by atoms with van der Waals surface area (Å²) < 4.78 is 0. The Hall–Kier alpha value is -0.0800. The van der Waals surface area contributed by atoms with E-state index in [1.807, 2.05) is 0 Å². The number of hydrogen-bond acceptors (Lipinski definition) is 2. The van der Waals surface area contributed by atoms with Crippen LogP contribution in [0.4, 0.5) is 0 Å². The summed E-state index contributed by atoms with van der Waals surface area (Å²) in [5.41, 5.74) is 0.294. The minimum Gasteiger partial charge on any atom is -0.396 e. The third kappa shape index (κ3) is 1.80. The highest BCUT2D eigenvalue weighted by Gasteiger charge is 2.41. The lowest BCUT2D eigenvalue weighted by atomic mass is 10.1. The number of nitrogens with one attached hydrogen (secondary N) is 1. The van der Waals surface area contributed by atoms with Crippen molar-refractivity contribution in [3.05, 3.63) is 0 Å². The molecule has 0 atom stereocenters. The van der Waals surface area contributed by atoms with Crippen LogP contribution in [0.5, 0.6) is 0 Å². The van der Waals surface area contributed by atoms with E-state index < -0.39 is 0 Å². The summed E-state index contributed by atoms with van der Waals surface area (Å²) in [7, 11) is 0. The quantitative estimate of drug-likeness (QED) is 0.664. The van der Waals surface area contributed by atoms with Gasteiger partial charge in [0.05, 0.1) is 0 Å². The van der Waals surface area contributed by atoms with E-state index >= 15 is 0 Å². The molecule has 0 radical (unpaired) electrons. The highest BCUT2D eigenvalue weighted by molar-refractivity contribution is 4.95. The maximum atomic E-state index is 9.09. The van der Waals surface area contributed by atoms with Gasteiger partial charge in [-0.15, -0.1) is 0 Å². The minimum atomic E-state index is 0.294. The van der Waals surface area contributed by atoms with Gasteiger partial charge in [0.2, 0.25) is 0 Å². The summed E-state index contributed by atoms with van der Waals surface area (Å²) in [5.74, 6) is 0. The van der Waals surface area contributed by atoms with Crippen molar-refractivity contribution in [2.24, 2.45) is 5.41 Å². The molecule has 0 bridgehead atoms. The Morgan fingerprint density at radius 2 is 1.92 bits per heavy atom. The highest BCUT2D eigenvalue weighted by Crippen LogP contribution is 2.44. The molecule has 0 aromatic rings. The second-order valence-electron chi connectivity index (χ2n) is 4.52. The normalized spacial score (nSPS) is 27.8. The molecular weight excluding hydrogens is 150 g/mol. The van der Waals surface area contributed by atoms with Crippen LogP contribution in [0.15, 0.2) is 0 Å². The molecule has 0 amide bonds. The molecule has 2 aliphatic carbocycles. The molecule has 2 heteroatoms. The van der Waals surface area contributed by atoms with Gasteiger partial charge < -0.3 is 10.4 Å². The van der Waals surface area contributed by atoms with Crippen molar-refractivity contribution in [1.82, 2.24) is 5.32 Å². The smallest absolute Gasteiger partial charge is 0.0499 e. The van der Waals surface area contributed by atoms with Crippen LogP contribution < -0.4 is 5.32 Å². The van der Waals surface area contributed by atoms with Crippen molar-refractivity contribution in [1.29, 1.82) is 0 Å². The van der Waals surface area contributed by atoms with Gasteiger partial charge in [-0.3, -0.25) is 0 Å². The lowest BCUT2D eigenvalue weighted by Crippen LogP contribution is -2.33. The van der Waals surface area contributed by atoms with Crippen molar-refractivity contribution in [3.63, 3.8) is 0 Å². The molecular formula is C10H19NO. The molecule has 0 saturated heterocycles. The average molecular weight is 169 g/mol. The standard InChI is InChI=1S/C10H19NO/c12-8-10(5-6-10)7-11-9-3-1-2-4-9/h9,11-12H,1-8H2. The molecule has 2 saturated carbocycles. The molecule has 2 nitrogen and oxygen atoms in total. The van der Waals surface area contributed by atoms with E-state index in [-0.39, 0.29) is 0 Å². The monoisotopic (exact) mass is 169 g/mol. The van der Waals surface area contributed by atoms with Gasteiger partial charge in [-0.1, -0.05) is 12.8 Å². The van der Waals surface area contributed by atoms with Crippen molar-refractivity contribution in [2.45, 2.75) is 44.6 Å². The van der Waals surface area contributed by atoms with Gasteiger partial charge in [-0.25, -0.2) is 0 Å². The molecule has 0 unspecified atom stereocenters. The van der Waals surface area contributed by atoms with Crippen molar-refractivity contribution < 1.29 is 5.11 Å². The maximum absolute atomic E-state index is 9.09. The lowest BCUT2D eigenvalue weighted by molar-refractivity contribution is 0.204. The Morgan fingerprint density at radius 1 is 1.25 bits per heavy atom. The first-order valence-corrected chi connectivity index (χ1v) is 5.19. The molecule has 2 N–H and O–H groups in total. The summed E-state index contributed by atoms with van der Waals surface area (Å²) in [5, 5.41) is 12.7. The van der Waals surface area contributed by atoms with Gasteiger partial charge in [0.25, 0.3) is 0 Å². The summed E-state index contributed by atoms with van der Waals surface area (Å²) >= 11 is 0. The van der Waals surface area contributed by atoms with Gasteiger partial charge in [-0.2, -0.15) is 0 Å². The van der Waals surface area contributed by atoms with E-state index in [0.29, 0.717) is 12.0 Å². The predicted octanol–water partition coefficient (Wildman–Crippen LogP) is 1.29. The molecule has 0 aliphatic heterocycles. The third-order valence-corrected chi connectivity index (χ3v) is 3.41. The third-order valence-electron chi connectivity index (χ3n) is 3.41. The molecule has 2 aliphatic rings. The summed E-state index contributed by atoms with van der Waals surface area (Å²) in [6.07, 6.45) is 7.93. The Labute approximate surface area is 74.4 Å². The number of hydrogen-bond donors (Lipinski definition) is 2. The van der Waals surface area contributed by atoms with Crippen molar-refractivity contribution in [3.8, 4) is 0 Å². The Balaban J connectivity index is 1.67. The fraction of sp³-hybridized carbons (Fsp3) is 1.00. The lowest BCUT2D eigenvalue weighted by Gasteiger charge is -2.17. The molecule has 0 spiro atoms. The van der Waals surface area contributed by atoms with Crippen LogP contribution in [0.2, 0.25) is 0 Å². The molecule has 70 valence electrons. The average Bonchev–Trinajstić information content (AvgIpc) is 2.70. The van der Waals surface area contributed by atoms with E-state index in [9.17, 15) is 0 Å². The first-order valence-electron chi connectivity index (χ1n) is 5.19. The summed E-state index contributed by atoms with van der Waals surface area (Å²) in [6, 6.07) is 0.758. The van der Waals surface area contributed by atoms with Gasteiger partial charge in [0.1, 0.15) is 0 Å². The molecule has 0 heterocycles. The van der Waals surface area contributed by atoms with Crippen LogP contribution in [-0.2, 0) is 0 Å². The van der Waals surface area contributed by atoms with Crippen LogP contribution in [0.3, 0.4) is 0 Å². The van der Waals surface area contributed by atoms with E-state index in [1.165, 1.54) is 38.5 Å². The zero-order valence-corrected chi connectivity index (χ0v) is 7.68. The van der Waals surface area contributed by atoms with Crippen molar-refractivity contribution in [2.75, 3.05) is 13.2 Å². The fourth-order valence-electron chi connectivity index (χ4n) is 2.06. The van der Waals surface area contributed by atoms with Gasteiger partial charge in [0.15, 0.2) is 0 Å². The Morgan fingerprint density at radius 3 is 2.42 bits per heavy atom. The van der Waals surface area contributed by atoms with E-state index in [2.05, 4.69) is 5.32 Å². The topological polar surface area (TPSA) is 32.3 Å². The zero-order chi connectivity index (χ0) is 8.44. The van der Waals surface area contributed by atoms with E-state index in [4.69, 9.17) is 5.11 Å². The molecule has 0 aromatic carbocycles. The van der Waals surface area contributed by atoms with Gasteiger partial charge in [-0.05, 0) is 25.7 Å². The van der Waals surface area contributed by atoms with E-state index in [1.54, 1.807) is 0 Å². The minimum absolute atomic E-state index is 0.294. The Kier molecular flexibility index (Phi) is 2.37. The van der Waals surface area contributed by atoms with Crippen LogP contribution in [-0.4, -0.2) is 24.3 Å². The second-order valence-corrected chi connectivity index (χ2v) is 4.52. The van der Waals surface area contributed by atoms with Crippen molar-refractivity contribution >= 4 is 0 Å². The number of aliphatic hydroxyl groups is 1. The fourth-order valence-corrected chi connectivity index (χ4v) is 2.06. The van der Waals surface area contributed by atoms with Crippen LogP contribution in [0.1, 0.15) is 38.5 Å². The molecule has 2 rings (SSSR count). The van der Waals surface area contributed by atoms with E-state index in [0.717, 1.165) is 12.6 Å². The zero-order valence-electron chi connectivity index (χ0n) is 7.68. The summed E-state index contributed by atoms with van der Waals surface area (Å²) in [4.78, 5) is 0. The maximum Gasteiger partial charge on any atom is 0.0499 e. The van der Waals surface area contributed by atoms with Crippen LogP contribution in [0.25, 0.3) is 0 Å². The SMILES string of the molecule is OCC1(CNC2CCCC2)CC1. The number of rotatable bonds is 4. The van der Waals surface area contributed by atoms with Gasteiger partial charge in [0, 0.05) is 24.6 Å². The highest BCUT2D eigenvalue weighted by atomic mass is 16.3. The second kappa shape index (κ2) is 3.35.